The summed E-state index contributed by atoms with van der Waals surface area (Å²) in [5.41, 5.74) is 0.762. The van der Waals surface area contributed by atoms with E-state index in [0.29, 0.717) is 12.4 Å². The quantitative estimate of drug-likeness (QED) is 0.345. The average molecular weight is 276 g/mol. The fourth-order valence-electron chi connectivity index (χ4n) is 1.51. The summed E-state index contributed by atoms with van der Waals surface area (Å²) in [7, 11) is 0. The molecule has 0 bridgehead atoms. The third-order valence-electron chi connectivity index (χ3n) is 2.54. The number of phenolic OH excluding ortho intramolecular Hbond substituents is 1. The number of benzene rings is 1. The number of ether oxygens (including phenoxy) is 1. The van der Waals surface area contributed by atoms with Crippen LogP contribution in [0.4, 0.5) is 0 Å². The molecule has 0 heterocycles. The first-order valence-corrected chi connectivity index (χ1v) is 6.58. The van der Waals surface area contributed by atoms with E-state index in [0.717, 1.165) is 24.5 Å². The van der Waals surface area contributed by atoms with E-state index < -0.39 is 0 Å². The van der Waals surface area contributed by atoms with Crippen LogP contribution in [0.2, 0.25) is 0 Å². The normalized spacial score (nSPS) is 11.8. The van der Waals surface area contributed by atoms with Gasteiger partial charge < -0.3 is 14.9 Å². The molecule has 1 aromatic carbocycles. The minimum atomic E-state index is -0.221. The van der Waals surface area contributed by atoms with Crippen LogP contribution >= 0.6 is 0 Å². The fraction of sp³-hybridized carbons (Fsp3) is 0.312. The molecule has 0 aliphatic rings. The lowest BCUT2D eigenvalue weighted by Gasteiger charge is -2.08. The van der Waals surface area contributed by atoms with Crippen molar-refractivity contribution in [2.75, 3.05) is 6.61 Å². The Morgan fingerprint density at radius 3 is 2.80 bits per heavy atom. The van der Waals surface area contributed by atoms with Gasteiger partial charge in [0.15, 0.2) is 17.3 Å². The molecular weight excluding hydrogens is 256 g/mol. The summed E-state index contributed by atoms with van der Waals surface area (Å²) in [4.78, 5) is 10.8. The van der Waals surface area contributed by atoms with Crippen molar-refractivity contribution in [3.8, 4) is 11.5 Å². The Morgan fingerprint density at radius 2 is 2.15 bits per heavy atom. The van der Waals surface area contributed by atoms with Gasteiger partial charge in [0.1, 0.15) is 5.76 Å². The Morgan fingerprint density at radius 1 is 1.40 bits per heavy atom. The van der Waals surface area contributed by atoms with E-state index in [1.165, 1.54) is 19.1 Å². The van der Waals surface area contributed by atoms with Gasteiger partial charge >= 0.3 is 0 Å². The van der Waals surface area contributed by atoms with E-state index in [-0.39, 0.29) is 17.3 Å². The molecular formula is C16H20O4. The van der Waals surface area contributed by atoms with Crippen LogP contribution in [0, 0.1) is 0 Å². The maximum absolute atomic E-state index is 10.8. The Balaban J connectivity index is 2.79. The Labute approximate surface area is 119 Å². The number of hydrogen-bond acceptors (Lipinski definition) is 4. The van der Waals surface area contributed by atoms with Crippen molar-refractivity contribution in [1.82, 2.24) is 0 Å². The molecule has 0 amide bonds. The third-order valence-corrected chi connectivity index (χ3v) is 2.54. The van der Waals surface area contributed by atoms with Gasteiger partial charge in [-0.3, -0.25) is 4.79 Å². The molecule has 0 aliphatic heterocycles. The maximum atomic E-state index is 10.8. The first kappa shape index (κ1) is 15.8. The van der Waals surface area contributed by atoms with Crippen molar-refractivity contribution in [3.63, 3.8) is 0 Å². The van der Waals surface area contributed by atoms with Crippen molar-refractivity contribution < 1.29 is 19.7 Å². The summed E-state index contributed by atoms with van der Waals surface area (Å²) < 4.78 is 5.47. The Kier molecular flexibility index (Phi) is 6.37. The Bertz CT molecular complexity index is 515. The molecule has 20 heavy (non-hydrogen) atoms. The average Bonchev–Trinajstić information content (AvgIpc) is 2.39. The van der Waals surface area contributed by atoms with Gasteiger partial charge in [-0.2, -0.15) is 0 Å². The summed E-state index contributed by atoms with van der Waals surface area (Å²) in [5, 5.41) is 19.1. The third kappa shape index (κ3) is 5.61. The number of aromatic hydroxyl groups is 1. The van der Waals surface area contributed by atoms with Gasteiger partial charge in [-0.25, -0.2) is 0 Å². The van der Waals surface area contributed by atoms with Crippen molar-refractivity contribution in [2.24, 2.45) is 0 Å². The van der Waals surface area contributed by atoms with E-state index in [1.807, 2.05) is 0 Å². The van der Waals surface area contributed by atoms with Gasteiger partial charge in [0.05, 0.1) is 6.61 Å². The van der Waals surface area contributed by atoms with Crippen LogP contribution in [-0.4, -0.2) is 22.6 Å². The van der Waals surface area contributed by atoms with Gasteiger partial charge in [-0.15, -0.1) is 0 Å². The van der Waals surface area contributed by atoms with Gasteiger partial charge in [0, 0.05) is 6.08 Å². The number of carbonyl (C=O) groups excluding carboxylic acids is 1. The first-order valence-electron chi connectivity index (χ1n) is 6.58. The predicted octanol–water partition coefficient (Wildman–Crippen LogP) is 3.62. The van der Waals surface area contributed by atoms with Crippen LogP contribution in [0.1, 0.15) is 32.3 Å². The number of rotatable bonds is 7. The van der Waals surface area contributed by atoms with E-state index in [4.69, 9.17) is 4.74 Å². The smallest absolute Gasteiger partial charge is 0.161 e. The van der Waals surface area contributed by atoms with Gasteiger partial charge in [0.2, 0.25) is 0 Å². The summed E-state index contributed by atoms with van der Waals surface area (Å²) >= 11 is 0. The molecule has 2 N–H and O–H groups in total. The van der Waals surface area contributed by atoms with Gasteiger partial charge in [-0.05, 0) is 37.1 Å². The molecule has 0 saturated carbocycles. The molecule has 0 atom stereocenters. The van der Waals surface area contributed by atoms with Crippen LogP contribution in [0.3, 0.4) is 0 Å². The zero-order chi connectivity index (χ0) is 15.0. The number of unbranched alkanes of at least 4 members (excludes halogenated alkanes) is 1. The van der Waals surface area contributed by atoms with E-state index in [9.17, 15) is 15.0 Å². The molecule has 0 spiro atoms. The van der Waals surface area contributed by atoms with Crippen LogP contribution in [-0.2, 0) is 4.79 Å². The van der Waals surface area contributed by atoms with Gasteiger partial charge in [-0.1, -0.05) is 25.5 Å². The standard InChI is InChI=1S/C16H20O4/c1-3-4-9-20-16-11-13(6-8-15(16)19)5-7-14(18)10-12(2)17/h5-8,10-11,18-19H,3-4,9H2,1-2H3. The number of hydrogen-bond donors (Lipinski definition) is 2. The fourth-order valence-corrected chi connectivity index (χ4v) is 1.51. The number of ketones is 1. The number of phenols is 1. The molecule has 0 unspecified atom stereocenters. The summed E-state index contributed by atoms with van der Waals surface area (Å²) in [6.07, 6.45) is 6.13. The lowest BCUT2D eigenvalue weighted by Crippen LogP contribution is -1.96. The van der Waals surface area contributed by atoms with Crippen LogP contribution in [0.5, 0.6) is 11.5 Å². The lowest BCUT2D eigenvalue weighted by atomic mass is 10.1. The van der Waals surface area contributed by atoms with Crippen LogP contribution in [0.15, 0.2) is 36.1 Å². The predicted molar refractivity (Wildman–Crippen MR) is 78.9 cm³/mol. The molecule has 4 nitrogen and oxygen atoms in total. The van der Waals surface area contributed by atoms with E-state index in [1.54, 1.807) is 18.2 Å². The molecule has 0 radical (unpaired) electrons. The monoisotopic (exact) mass is 276 g/mol. The highest BCUT2D eigenvalue weighted by molar-refractivity contribution is 5.88. The largest absolute Gasteiger partial charge is 0.508 e. The molecule has 4 heteroatoms. The van der Waals surface area contributed by atoms with Crippen LogP contribution in [0.25, 0.3) is 6.08 Å². The number of allylic oxidation sites excluding steroid dienone is 2. The van der Waals surface area contributed by atoms with E-state index >= 15 is 0 Å². The molecule has 0 saturated heterocycles. The van der Waals surface area contributed by atoms with Crippen molar-refractivity contribution in [2.45, 2.75) is 26.7 Å². The number of carbonyl (C=O) groups is 1. The van der Waals surface area contributed by atoms with Gasteiger partial charge in [0.25, 0.3) is 0 Å². The maximum Gasteiger partial charge on any atom is 0.161 e. The second-order valence-electron chi connectivity index (χ2n) is 4.44. The summed E-state index contributed by atoms with van der Waals surface area (Å²) in [6, 6.07) is 4.91. The summed E-state index contributed by atoms with van der Waals surface area (Å²) in [5.74, 6) is 0.165. The van der Waals surface area contributed by atoms with Crippen molar-refractivity contribution >= 4 is 11.9 Å². The molecule has 1 aromatic rings. The first-order chi connectivity index (χ1) is 9.52. The molecule has 0 aliphatic carbocycles. The SMILES string of the molecule is CCCCOc1cc(C=CC(O)=CC(C)=O)ccc1O. The van der Waals surface area contributed by atoms with Crippen LogP contribution < -0.4 is 4.74 Å². The minimum absolute atomic E-state index is 0.0850. The van der Waals surface area contributed by atoms with Crippen molar-refractivity contribution in [1.29, 1.82) is 0 Å². The summed E-state index contributed by atoms with van der Waals surface area (Å²) in [6.45, 7) is 3.98. The number of aliphatic hydroxyl groups is 1. The second-order valence-corrected chi connectivity index (χ2v) is 4.44. The Hall–Kier alpha value is -2.23. The second kappa shape index (κ2) is 8.04. The zero-order valence-corrected chi connectivity index (χ0v) is 11.8. The number of aliphatic hydroxyl groups excluding tert-OH is 1. The molecule has 0 aromatic heterocycles. The lowest BCUT2D eigenvalue weighted by molar-refractivity contribution is -0.112. The zero-order valence-electron chi connectivity index (χ0n) is 11.8. The highest BCUT2D eigenvalue weighted by atomic mass is 16.5. The molecule has 0 fully saturated rings. The topological polar surface area (TPSA) is 66.8 Å². The van der Waals surface area contributed by atoms with Crippen molar-refractivity contribution in [3.05, 3.63) is 41.7 Å². The highest BCUT2D eigenvalue weighted by Gasteiger charge is 2.02. The highest BCUT2D eigenvalue weighted by Crippen LogP contribution is 2.27. The minimum Gasteiger partial charge on any atom is -0.508 e. The van der Waals surface area contributed by atoms with E-state index in [2.05, 4.69) is 6.92 Å². The molecule has 1 rings (SSSR count). The molecule has 108 valence electrons.